The van der Waals surface area contributed by atoms with Crippen LogP contribution in [0.15, 0.2) is 67.0 Å². The number of aryl methyl sites for hydroxylation is 1. The number of fused-ring (bicyclic) bond motifs is 2. The maximum Gasteiger partial charge on any atom is 0.138 e. The standard InChI is InChI=1S/C27H26N4/c1-17-22-15-20(18-9-12-28-13-10-18)7-8-24(22)31-26(17)21-11-14-29-27-25(21)23(16-30-27)19-5-3-2-4-6-19/h2-8,11,14-16,18,28,31H,9-10,12-13H2,1H3,(H,29,30). The van der Waals surface area contributed by atoms with Gasteiger partial charge in [0.1, 0.15) is 5.65 Å². The van der Waals surface area contributed by atoms with Crippen molar-refractivity contribution in [1.29, 1.82) is 0 Å². The summed E-state index contributed by atoms with van der Waals surface area (Å²) in [4.78, 5) is 11.7. The normalized spacial score (nSPS) is 15.1. The van der Waals surface area contributed by atoms with Crippen molar-refractivity contribution in [2.75, 3.05) is 13.1 Å². The molecule has 154 valence electrons. The summed E-state index contributed by atoms with van der Waals surface area (Å²) >= 11 is 0. The molecule has 5 aromatic rings. The number of hydrogen-bond acceptors (Lipinski definition) is 2. The van der Waals surface area contributed by atoms with Gasteiger partial charge < -0.3 is 15.3 Å². The van der Waals surface area contributed by atoms with Gasteiger partial charge in [-0.1, -0.05) is 36.4 Å². The van der Waals surface area contributed by atoms with Crippen LogP contribution in [0, 0.1) is 6.92 Å². The smallest absolute Gasteiger partial charge is 0.138 e. The molecular formula is C27H26N4. The van der Waals surface area contributed by atoms with E-state index in [-0.39, 0.29) is 0 Å². The van der Waals surface area contributed by atoms with Crippen LogP contribution in [-0.4, -0.2) is 28.0 Å². The van der Waals surface area contributed by atoms with Gasteiger partial charge in [-0.25, -0.2) is 4.98 Å². The number of aromatic nitrogens is 3. The topological polar surface area (TPSA) is 56.5 Å². The molecule has 4 heteroatoms. The molecule has 0 atom stereocenters. The SMILES string of the molecule is Cc1c(-c2ccnc3[nH]cc(-c4ccccc4)c23)[nH]c2ccc(C3CCNCC3)cc12. The predicted octanol–water partition coefficient (Wildman–Crippen LogP) is 6.15. The van der Waals surface area contributed by atoms with E-state index in [1.165, 1.54) is 62.6 Å². The van der Waals surface area contributed by atoms with Crippen molar-refractivity contribution in [1.82, 2.24) is 20.3 Å². The minimum absolute atomic E-state index is 0.658. The molecule has 1 fully saturated rings. The van der Waals surface area contributed by atoms with E-state index < -0.39 is 0 Å². The third-order valence-electron chi connectivity index (χ3n) is 6.82. The lowest BCUT2D eigenvalue weighted by Gasteiger charge is -2.23. The molecule has 0 amide bonds. The van der Waals surface area contributed by atoms with Crippen LogP contribution in [0.2, 0.25) is 0 Å². The molecule has 2 aromatic carbocycles. The van der Waals surface area contributed by atoms with Crippen molar-refractivity contribution in [2.24, 2.45) is 0 Å². The highest BCUT2D eigenvalue weighted by molar-refractivity contribution is 6.06. The van der Waals surface area contributed by atoms with E-state index >= 15 is 0 Å². The molecule has 4 nitrogen and oxygen atoms in total. The van der Waals surface area contributed by atoms with E-state index in [1.54, 1.807) is 0 Å². The summed E-state index contributed by atoms with van der Waals surface area (Å²) in [6, 6.07) is 19.7. The van der Waals surface area contributed by atoms with Crippen LogP contribution in [0.1, 0.15) is 29.9 Å². The van der Waals surface area contributed by atoms with Gasteiger partial charge in [0.15, 0.2) is 0 Å². The summed E-state index contributed by atoms with van der Waals surface area (Å²) in [7, 11) is 0. The Morgan fingerprint density at radius 3 is 2.61 bits per heavy atom. The van der Waals surface area contributed by atoms with Gasteiger partial charge in [-0.3, -0.25) is 0 Å². The van der Waals surface area contributed by atoms with Crippen LogP contribution in [0.5, 0.6) is 0 Å². The zero-order valence-corrected chi connectivity index (χ0v) is 17.7. The van der Waals surface area contributed by atoms with E-state index in [4.69, 9.17) is 0 Å². The molecule has 3 N–H and O–H groups in total. The molecule has 1 aliphatic rings. The maximum absolute atomic E-state index is 4.60. The molecule has 4 heterocycles. The Bertz CT molecular complexity index is 1370. The first-order valence-electron chi connectivity index (χ1n) is 11.1. The Hall–Kier alpha value is -3.37. The number of piperidine rings is 1. The number of nitrogens with zero attached hydrogens (tertiary/aromatic N) is 1. The first-order chi connectivity index (χ1) is 15.3. The molecule has 1 aliphatic heterocycles. The lowest BCUT2D eigenvalue weighted by molar-refractivity contribution is 0.460. The predicted molar refractivity (Wildman–Crippen MR) is 128 cm³/mol. The Balaban J connectivity index is 1.52. The highest BCUT2D eigenvalue weighted by Crippen LogP contribution is 2.39. The summed E-state index contributed by atoms with van der Waals surface area (Å²) in [6.07, 6.45) is 6.41. The summed E-state index contributed by atoms with van der Waals surface area (Å²) in [6.45, 7) is 4.47. The number of pyridine rings is 1. The maximum atomic E-state index is 4.60. The van der Waals surface area contributed by atoms with E-state index in [9.17, 15) is 0 Å². The third kappa shape index (κ3) is 3.06. The summed E-state index contributed by atoms with van der Waals surface area (Å²) < 4.78 is 0. The lowest BCUT2D eigenvalue weighted by atomic mass is 9.89. The molecule has 6 rings (SSSR count). The minimum atomic E-state index is 0.658. The highest BCUT2D eigenvalue weighted by atomic mass is 14.9. The van der Waals surface area contributed by atoms with Gasteiger partial charge in [0.2, 0.25) is 0 Å². The summed E-state index contributed by atoms with van der Waals surface area (Å²) in [5.41, 5.74) is 9.66. The average molecular weight is 407 g/mol. The molecule has 0 saturated carbocycles. The van der Waals surface area contributed by atoms with Crippen LogP contribution < -0.4 is 5.32 Å². The zero-order valence-electron chi connectivity index (χ0n) is 17.7. The monoisotopic (exact) mass is 406 g/mol. The van der Waals surface area contributed by atoms with E-state index in [0.29, 0.717) is 5.92 Å². The lowest BCUT2D eigenvalue weighted by Crippen LogP contribution is -2.26. The van der Waals surface area contributed by atoms with Crippen LogP contribution in [0.3, 0.4) is 0 Å². The number of aromatic amines is 2. The second kappa shape index (κ2) is 7.40. The first-order valence-corrected chi connectivity index (χ1v) is 11.1. The third-order valence-corrected chi connectivity index (χ3v) is 6.82. The van der Waals surface area contributed by atoms with Crippen molar-refractivity contribution in [3.05, 3.63) is 78.1 Å². The molecule has 31 heavy (non-hydrogen) atoms. The van der Waals surface area contributed by atoms with Crippen molar-refractivity contribution in [2.45, 2.75) is 25.7 Å². The quantitative estimate of drug-likeness (QED) is 0.336. The molecule has 0 bridgehead atoms. The van der Waals surface area contributed by atoms with Crippen molar-refractivity contribution >= 4 is 21.9 Å². The summed E-state index contributed by atoms with van der Waals surface area (Å²) in [5.74, 6) is 0.658. The number of hydrogen-bond donors (Lipinski definition) is 3. The number of H-pyrrole nitrogens is 2. The highest BCUT2D eigenvalue weighted by Gasteiger charge is 2.19. The van der Waals surface area contributed by atoms with Gasteiger partial charge in [0.05, 0.1) is 5.69 Å². The average Bonchev–Trinajstić information content (AvgIpc) is 3.41. The largest absolute Gasteiger partial charge is 0.354 e. The van der Waals surface area contributed by atoms with Crippen molar-refractivity contribution < 1.29 is 0 Å². The van der Waals surface area contributed by atoms with Gasteiger partial charge in [-0.2, -0.15) is 0 Å². The van der Waals surface area contributed by atoms with Crippen LogP contribution in [-0.2, 0) is 0 Å². The van der Waals surface area contributed by atoms with Crippen molar-refractivity contribution in [3.8, 4) is 22.4 Å². The van der Waals surface area contributed by atoms with Gasteiger partial charge >= 0.3 is 0 Å². The van der Waals surface area contributed by atoms with E-state index in [1.807, 2.05) is 6.20 Å². The molecule has 1 saturated heterocycles. The molecular weight excluding hydrogens is 380 g/mol. The Morgan fingerprint density at radius 2 is 1.77 bits per heavy atom. The van der Waals surface area contributed by atoms with Gasteiger partial charge in [0, 0.05) is 39.8 Å². The molecule has 3 aromatic heterocycles. The fourth-order valence-electron chi connectivity index (χ4n) is 5.13. The number of benzene rings is 2. The van der Waals surface area contributed by atoms with E-state index in [2.05, 4.69) is 88.0 Å². The Morgan fingerprint density at radius 1 is 0.935 bits per heavy atom. The van der Waals surface area contributed by atoms with Crippen LogP contribution >= 0.6 is 0 Å². The van der Waals surface area contributed by atoms with Gasteiger partial charge in [-0.05, 0) is 73.7 Å². The number of nitrogens with one attached hydrogen (secondary N) is 3. The molecule has 0 radical (unpaired) electrons. The van der Waals surface area contributed by atoms with Crippen LogP contribution in [0.4, 0.5) is 0 Å². The van der Waals surface area contributed by atoms with E-state index in [0.717, 1.165) is 18.7 Å². The fourth-order valence-corrected chi connectivity index (χ4v) is 5.13. The Kier molecular flexibility index (Phi) is 4.39. The van der Waals surface area contributed by atoms with Gasteiger partial charge in [-0.15, -0.1) is 0 Å². The number of rotatable bonds is 3. The fraction of sp³-hybridized carbons (Fsp3) is 0.222. The Labute approximate surface area is 181 Å². The zero-order chi connectivity index (χ0) is 20.8. The first kappa shape index (κ1) is 18.4. The van der Waals surface area contributed by atoms with Crippen LogP contribution in [0.25, 0.3) is 44.3 Å². The molecule has 0 aliphatic carbocycles. The molecule has 0 spiro atoms. The van der Waals surface area contributed by atoms with Gasteiger partial charge in [0.25, 0.3) is 0 Å². The second-order valence-corrected chi connectivity index (χ2v) is 8.60. The van der Waals surface area contributed by atoms with Crippen molar-refractivity contribution in [3.63, 3.8) is 0 Å². The summed E-state index contributed by atoms with van der Waals surface area (Å²) in [5, 5.41) is 5.97. The molecule has 0 unspecified atom stereocenters. The minimum Gasteiger partial charge on any atom is -0.354 e. The second-order valence-electron chi connectivity index (χ2n) is 8.60.